The van der Waals surface area contributed by atoms with Crippen LogP contribution in [-0.4, -0.2) is 45.1 Å². The number of thiophene rings is 1. The maximum absolute atomic E-state index is 12.9. The largest absolute Gasteiger partial charge is 0.479 e. The minimum atomic E-state index is -0.163. The third-order valence-corrected chi connectivity index (χ3v) is 6.07. The van der Waals surface area contributed by atoms with E-state index in [2.05, 4.69) is 15.4 Å². The molecule has 0 fully saturated rings. The van der Waals surface area contributed by atoms with Gasteiger partial charge in [0.05, 0.1) is 24.2 Å². The third kappa shape index (κ3) is 3.45. The first kappa shape index (κ1) is 17.7. The van der Waals surface area contributed by atoms with Crippen LogP contribution in [0.2, 0.25) is 0 Å². The van der Waals surface area contributed by atoms with Gasteiger partial charge in [-0.2, -0.15) is 0 Å². The Hall–Kier alpha value is -2.72. The number of methoxy groups -OCH3 is 1. The second kappa shape index (κ2) is 7.12. The Morgan fingerprint density at radius 1 is 1.37 bits per heavy atom. The van der Waals surface area contributed by atoms with E-state index in [0.29, 0.717) is 41.0 Å². The number of hydrogen-bond acceptors (Lipinski definition) is 7. The molecule has 10 heteroatoms. The molecule has 2 amide bonds. The Morgan fingerprint density at radius 2 is 2.22 bits per heavy atom. The van der Waals surface area contributed by atoms with Crippen LogP contribution in [0.1, 0.15) is 30.6 Å². The van der Waals surface area contributed by atoms with E-state index in [0.717, 1.165) is 10.6 Å². The third-order valence-electron chi connectivity index (χ3n) is 4.20. The first-order valence-electron chi connectivity index (χ1n) is 8.25. The van der Waals surface area contributed by atoms with Crippen molar-refractivity contribution < 1.29 is 14.3 Å². The molecule has 0 saturated carbocycles. The number of thiazole rings is 1. The van der Waals surface area contributed by atoms with Gasteiger partial charge >= 0.3 is 0 Å². The topological polar surface area (TPSA) is 89.3 Å². The summed E-state index contributed by atoms with van der Waals surface area (Å²) >= 11 is 2.79. The number of anilines is 1. The minimum absolute atomic E-state index is 0.122. The summed E-state index contributed by atoms with van der Waals surface area (Å²) in [4.78, 5) is 32.9. The van der Waals surface area contributed by atoms with Crippen LogP contribution in [0.15, 0.2) is 23.7 Å². The molecule has 140 valence electrons. The predicted octanol–water partition coefficient (Wildman–Crippen LogP) is 2.40. The molecule has 1 aliphatic heterocycles. The number of aromatic nitrogens is 3. The highest BCUT2D eigenvalue weighted by atomic mass is 32.1. The van der Waals surface area contributed by atoms with Crippen molar-refractivity contribution in [1.29, 1.82) is 0 Å². The van der Waals surface area contributed by atoms with Crippen molar-refractivity contribution in [3.8, 4) is 5.88 Å². The van der Waals surface area contributed by atoms with Crippen molar-refractivity contribution in [2.45, 2.75) is 13.0 Å². The molecule has 3 aromatic rings. The van der Waals surface area contributed by atoms with Gasteiger partial charge in [-0.15, -0.1) is 16.4 Å². The number of nitrogens with zero attached hydrogens (tertiary/aromatic N) is 4. The molecule has 8 nitrogen and oxygen atoms in total. The molecule has 0 spiro atoms. The lowest BCUT2D eigenvalue weighted by atomic mass is 10.1. The van der Waals surface area contributed by atoms with Gasteiger partial charge < -0.3 is 9.64 Å². The summed E-state index contributed by atoms with van der Waals surface area (Å²) in [6.45, 7) is 1.02. The number of carbonyl (C=O) groups excluding carboxylic acids is 2. The first-order chi connectivity index (χ1) is 13.0. The second-order valence-corrected chi connectivity index (χ2v) is 8.05. The van der Waals surface area contributed by atoms with Crippen LogP contribution in [0.5, 0.6) is 5.88 Å². The van der Waals surface area contributed by atoms with E-state index in [1.54, 1.807) is 28.9 Å². The quantitative estimate of drug-likeness (QED) is 0.723. The molecule has 0 bridgehead atoms. The molecule has 27 heavy (non-hydrogen) atoms. The van der Waals surface area contributed by atoms with Crippen LogP contribution >= 0.6 is 22.7 Å². The van der Waals surface area contributed by atoms with Crippen LogP contribution in [-0.2, 0) is 20.0 Å². The standard InChI is InChI=1S/C17H17N5O3S2/c1-21-8-10(15(20-21)25-2)16(24)22-6-5-11-13(9-22)27-17(18-11)19-14(23)12-4-3-7-26-12/h3-4,7-8H,5-6,9H2,1-2H3,(H,18,19,23). The Balaban J connectivity index is 1.49. The van der Waals surface area contributed by atoms with Crippen molar-refractivity contribution in [3.63, 3.8) is 0 Å². The zero-order chi connectivity index (χ0) is 19.0. The molecule has 0 unspecified atom stereocenters. The van der Waals surface area contributed by atoms with Gasteiger partial charge in [0.25, 0.3) is 11.8 Å². The fourth-order valence-corrected chi connectivity index (χ4v) is 4.56. The summed E-state index contributed by atoms with van der Waals surface area (Å²) in [7, 11) is 3.25. The maximum Gasteiger partial charge on any atom is 0.267 e. The van der Waals surface area contributed by atoms with Crippen molar-refractivity contribution in [1.82, 2.24) is 19.7 Å². The highest BCUT2D eigenvalue weighted by molar-refractivity contribution is 7.16. The number of hydrogen-bond donors (Lipinski definition) is 1. The minimum Gasteiger partial charge on any atom is -0.479 e. The molecule has 0 saturated heterocycles. The van der Waals surface area contributed by atoms with E-state index in [1.165, 1.54) is 29.8 Å². The van der Waals surface area contributed by atoms with Gasteiger partial charge in [0.15, 0.2) is 5.13 Å². The Morgan fingerprint density at radius 3 is 2.96 bits per heavy atom. The molecule has 0 radical (unpaired) electrons. The van der Waals surface area contributed by atoms with E-state index < -0.39 is 0 Å². The summed E-state index contributed by atoms with van der Waals surface area (Å²) < 4.78 is 6.76. The molecule has 0 aromatic carbocycles. The van der Waals surface area contributed by atoms with E-state index in [1.807, 2.05) is 11.4 Å². The van der Waals surface area contributed by atoms with Crippen LogP contribution in [0, 0.1) is 0 Å². The van der Waals surface area contributed by atoms with Crippen LogP contribution < -0.4 is 10.1 Å². The van der Waals surface area contributed by atoms with E-state index in [4.69, 9.17) is 4.74 Å². The zero-order valence-corrected chi connectivity index (χ0v) is 16.4. The Kier molecular flexibility index (Phi) is 4.66. The zero-order valence-electron chi connectivity index (χ0n) is 14.8. The fourth-order valence-electron chi connectivity index (χ4n) is 2.92. The number of amides is 2. The van der Waals surface area contributed by atoms with Gasteiger partial charge in [-0.25, -0.2) is 4.98 Å². The van der Waals surface area contributed by atoms with Gasteiger partial charge in [0.1, 0.15) is 5.56 Å². The SMILES string of the molecule is COc1nn(C)cc1C(=O)N1CCc2nc(NC(=O)c3cccs3)sc2C1. The maximum atomic E-state index is 12.9. The van der Waals surface area contributed by atoms with Gasteiger partial charge in [-0.3, -0.25) is 19.6 Å². The number of carbonyl (C=O) groups is 2. The fraction of sp³-hybridized carbons (Fsp3) is 0.294. The smallest absolute Gasteiger partial charge is 0.267 e. The lowest BCUT2D eigenvalue weighted by molar-refractivity contribution is 0.0732. The molecule has 0 atom stereocenters. The van der Waals surface area contributed by atoms with Crippen molar-refractivity contribution in [2.24, 2.45) is 7.05 Å². The van der Waals surface area contributed by atoms with E-state index in [-0.39, 0.29) is 11.8 Å². The molecule has 0 aliphatic carbocycles. The average Bonchev–Trinajstić information content (AvgIpc) is 3.39. The van der Waals surface area contributed by atoms with Gasteiger partial charge in [0, 0.05) is 31.1 Å². The molecule has 1 aliphatic rings. The van der Waals surface area contributed by atoms with Crippen molar-refractivity contribution >= 4 is 39.6 Å². The highest BCUT2D eigenvalue weighted by Gasteiger charge is 2.28. The summed E-state index contributed by atoms with van der Waals surface area (Å²) in [5.41, 5.74) is 1.38. The normalized spacial score (nSPS) is 13.3. The van der Waals surface area contributed by atoms with Crippen molar-refractivity contribution in [3.05, 3.63) is 44.7 Å². The summed E-state index contributed by atoms with van der Waals surface area (Å²) in [5, 5.41) is 9.40. The van der Waals surface area contributed by atoms with Crippen LogP contribution in [0.25, 0.3) is 0 Å². The lowest BCUT2D eigenvalue weighted by Crippen LogP contribution is -2.35. The predicted molar refractivity (Wildman–Crippen MR) is 103 cm³/mol. The summed E-state index contributed by atoms with van der Waals surface area (Å²) in [6.07, 6.45) is 2.31. The Bertz CT molecular complexity index is 993. The average molecular weight is 403 g/mol. The molecular formula is C17H17N5O3S2. The number of aryl methyl sites for hydroxylation is 1. The van der Waals surface area contributed by atoms with Crippen LogP contribution in [0.3, 0.4) is 0 Å². The second-order valence-electron chi connectivity index (χ2n) is 6.02. The van der Waals surface area contributed by atoms with Crippen molar-refractivity contribution in [2.75, 3.05) is 19.0 Å². The molecular weight excluding hydrogens is 386 g/mol. The van der Waals surface area contributed by atoms with Gasteiger partial charge in [-0.1, -0.05) is 17.4 Å². The molecule has 3 aromatic heterocycles. The lowest BCUT2D eigenvalue weighted by Gasteiger charge is -2.25. The number of fused-ring (bicyclic) bond motifs is 1. The van der Waals surface area contributed by atoms with E-state index in [9.17, 15) is 9.59 Å². The molecule has 4 heterocycles. The van der Waals surface area contributed by atoms with Crippen LogP contribution in [0.4, 0.5) is 5.13 Å². The molecule has 1 N–H and O–H groups in total. The first-order valence-corrected chi connectivity index (χ1v) is 9.95. The number of nitrogens with one attached hydrogen (secondary N) is 1. The number of rotatable bonds is 4. The van der Waals surface area contributed by atoms with E-state index >= 15 is 0 Å². The van der Waals surface area contributed by atoms with Gasteiger partial charge in [0.2, 0.25) is 5.88 Å². The Labute approximate surface area is 163 Å². The molecule has 4 rings (SSSR count). The monoisotopic (exact) mass is 403 g/mol. The summed E-state index contributed by atoms with van der Waals surface area (Å²) in [6, 6.07) is 3.61. The summed E-state index contributed by atoms with van der Waals surface area (Å²) in [5.74, 6) is 0.0359. The van der Waals surface area contributed by atoms with Gasteiger partial charge in [-0.05, 0) is 11.4 Å². The highest BCUT2D eigenvalue weighted by Crippen LogP contribution is 2.30. The number of ether oxygens (including phenoxy) is 1.